The highest BCUT2D eigenvalue weighted by molar-refractivity contribution is 7.09. The van der Waals surface area contributed by atoms with E-state index in [1.165, 1.54) is 0 Å². The Bertz CT molecular complexity index is 336. The lowest BCUT2D eigenvalue weighted by molar-refractivity contribution is 0.0697. The minimum absolute atomic E-state index is 0.0759. The van der Waals surface area contributed by atoms with Gasteiger partial charge in [-0.15, -0.1) is 22.9 Å². The standard InChI is InChI=1S/C12H21ClN2O2S/c1-3-11(12-14-10(8-13)9-18-12)15(2)4-6-17-7-5-16/h9,11,16H,3-8H2,1-2H3. The molecule has 1 N–H and O–H groups in total. The Hall–Kier alpha value is -0.200. The van der Waals surface area contributed by atoms with Crippen LogP contribution < -0.4 is 0 Å². The molecular formula is C12H21ClN2O2S. The van der Waals surface area contributed by atoms with Crippen molar-refractivity contribution in [1.29, 1.82) is 0 Å². The van der Waals surface area contributed by atoms with E-state index in [9.17, 15) is 0 Å². The summed E-state index contributed by atoms with van der Waals surface area (Å²) >= 11 is 7.43. The van der Waals surface area contributed by atoms with Crippen LogP contribution in [0, 0.1) is 0 Å². The molecule has 4 nitrogen and oxygen atoms in total. The molecule has 1 unspecified atom stereocenters. The van der Waals surface area contributed by atoms with Crippen molar-refractivity contribution in [3.8, 4) is 0 Å². The van der Waals surface area contributed by atoms with E-state index in [4.69, 9.17) is 21.4 Å². The Morgan fingerprint density at radius 2 is 2.33 bits per heavy atom. The molecule has 1 heterocycles. The van der Waals surface area contributed by atoms with E-state index in [-0.39, 0.29) is 6.61 Å². The third-order valence-electron chi connectivity index (χ3n) is 2.73. The molecular weight excluding hydrogens is 272 g/mol. The normalized spacial score (nSPS) is 13.2. The molecule has 6 heteroatoms. The van der Waals surface area contributed by atoms with Crippen molar-refractivity contribution in [2.45, 2.75) is 25.3 Å². The Labute approximate surface area is 118 Å². The average molecular weight is 293 g/mol. The number of ether oxygens (including phenoxy) is 1. The Kier molecular flexibility index (Phi) is 7.77. The number of aliphatic hydroxyl groups excluding tert-OH is 1. The number of rotatable bonds is 9. The Morgan fingerprint density at radius 1 is 1.56 bits per heavy atom. The van der Waals surface area contributed by atoms with Crippen molar-refractivity contribution in [1.82, 2.24) is 9.88 Å². The molecule has 1 aromatic heterocycles. The van der Waals surface area contributed by atoms with Crippen LogP contribution in [0.3, 0.4) is 0 Å². The van der Waals surface area contributed by atoms with Gasteiger partial charge in [-0.25, -0.2) is 4.98 Å². The predicted octanol–water partition coefficient (Wildman–Crippen LogP) is 2.27. The maximum Gasteiger partial charge on any atom is 0.110 e. The SMILES string of the molecule is CCC(c1nc(CCl)cs1)N(C)CCOCCO. The second-order valence-corrected chi connectivity index (χ2v) is 5.21. The molecule has 0 aliphatic heterocycles. The third kappa shape index (κ3) is 4.82. The van der Waals surface area contributed by atoms with Crippen LogP contribution in [-0.4, -0.2) is 48.4 Å². The largest absolute Gasteiger partial charge is 0.394 e. The summed E-state index contributed by atoms with van der Waals surface area (Å²) in [4.78, 5) is 6.76. The molecule has 0 amide bonds. The molecule has 0 aromatic carbocycles. The first-order chi connectivity index (χ1) is 8.72. The molecule has 0 bridgehead atoms. The highest BCUT2D eigenvalue weighted by Gasteiger charge is 2.18. The van der Waals surface area contributed by atoms with Gasteiger partial charge in [-0.3, -0.25) is 4.90 Å². The van der Waals surface area contributed by atoms with E-state index in [2.05, 4.69) is 23.9 Å². The van der Waals surface area contributed by atoms with E-state index in [1.54, 1.807) is 11.3 Å². The Balaban J connectivity index is 2.48. The second-order valence-electron chi connectivity index (χ2n) is 4.05. The maximum absolute atomic E-state index is 8.64. The van der Waals surface area contributed by atoms with Gasteiger partial charge in [0.25, 0.3) is 0 Å². The molecule has 0 saturated carbocycles. The molecule has 1 rings (SSSR count). The predicted molar refractivity (Wildman–Crippen MR) is 75.2 cm³/mol. The Morgan fingerprint density at radius 3 is 2.89 bits per heavy atom. The van der Waals surface area contributed by atoms with Crippen LogP contribution in [0.15, 0.2) is 5.38 Å². The third-order valence-corrected chi connectivity index (χ3v) is 4.00. The van der Waals surface area contributed by atoms with Gasteiger partial charge in [0.05, 0.1) is 37.4 Å². The van der Waals surface area contributed by atoms with E-state index in [1.807, 2.05) is 5.38 Å². The summed E-state index contributed by atoms with van der Waals surface area (Å²) in [5.74, 6) is 0.469. The minimum Gasteiger partial charge on any atom is -0.394 e. The maximum atomic E-state index is 8.64. The first-order valence-electron chi connectivity index (χ1n) is 6.12. The smallest absolute Gasteiger partial charge is 0.110 e. The van der Waals surface area contributed by atoms with E-state index < -0.39 is 0 Å². The highest BCUT2D eigenvalue weighted by atomic mass is 35.5. The number of aromatic nitrogens is 1. The zero-order valence-electron chi connectivity index (χ0n) is 10.9. The molecule has 0 fully saturated rings. The number of nitrogens with zero attached hydrogens (tertiary/aromatic N) is 2. The number of hydrogen-bond donors (Lipinski definition) is 1. The van der Waals surface area contributed by atoms with E-state index in [0.29, 0.717) is 25.1 Å². The van der Waals surface area contributed by atoms with Gasteiger partial charge in [-0.05, 0) is 13.5 Å². The molecule has 0 radical (unpaired) electrons. The van der Waals surface area contributed by atoms with Crippen LogP contribution in [0.2, 0.25) is 0 Å². The van der Waals surface area contributed by atoms with Gasteiger partial charge in [0.15, 0.2) is 0 Å². The summed E-state index contributed by atoms with van der Waals surface area (Å²) in [6.07, 6.45) is 1.01. The van der Waals surface area contributed by atoms with Crippen LogP contribution >= 0.6 is 22.9 Å². The lowest BCUT2D eigenvalue weighted by Gasteiger charge is -2.25. The monoisotopic (exact) mass is 292 g/mol. The zero-order chi connectivity index (χ0) is 13.4. The minimum atomic E-state index is 0.0759. The molecule has 0 aliphatic carbocycles. The van der Waals surface area contributed by atoms with Crippen LogP contribution in [0.4, 0.5) is 0 Å². The number of aliphatic hydroxyl groups is 1. The van der Waals surface area contributed by atoms with Crippen molar-refractivity contribution >= 4 is 22.9 Å². The fourth-order valence-electron chi connectivity index (χ4n) is 1.74. The fraction of sp³-hybridized carbons (Fsp3) is 0.750. The van der Waals surface area contributed by atoms with Crippen LogP contribution in [0.5, 0.6) is 0 Å². The summed E-state index contributed by atoms with van der Waals surface area (Å²) in [6, 6.07) is 0.310. The van der Waals surface area contributed by atoms with Crippen LogP contribution in [-0.2, 0) is 10.6 Å². The van der Waals surface area contributed by atoms with Gasteiger partial charge in [-0.2, -0.15) is 0 Å². The molecule has 0 spiro atoms. The molecule has 1 aromatic rings. The van der Waals surface area contributed by atoms with Gasteiger partial charge >= 0.3 is 0 Å². The van der Waals surface area contributed by atoms with Crippen LogP contribution in [0.25, 0.3) is 0 Å². The first-order valence-corrected chi connectivity index (χ1v) is 7.53. The average Bonchev–Trinajstić information content (AvgIpc) is 2.84. The fourth-order valence-corrected chi connectivity index (χ4v) is 3.04. The van der Waals surface area contributed by atoms with E-state index in [0.717, 1.165) is 23.7 Å². The van der Waals surface area contributed by atoms with Gasteiger partial charge < -0.3 is 9.84 Å². The summed E-state index contributed by atoms with van der Waals surface area (Å²) in [6.45, 7) is 4.08. The van der Waals surface area contributed by atoms with E-state index >= 15 is 0 Å². The van der Waals surface area contributed by atoms with Gasteiger partial charge in [0, 0.05) is 11.9 Å². The molecule has 104 valence electrons. The van der Waals surface area contributed by atoms with Gasteiger partial charge in [-0.1, -0.05) is 6.92 Å². The second kappa shape index (κ2) is 8.82. The van der Waals surface area contributed by atoms with Crippen molar-refractivity contribution in [3.63, 3.8) is 0 Å². The number of hydrogen-bond acceptors (Lipinski definition) is 5. The molecule has 0 saturated heterocycles. The zero-order valence-corrected chi connectivity index (χ0v) is 12.5. The lowest BCUT2D eigenvalue weighted by atomic mass is 10.2. The van der Waals surface area contributed by atoms with Crippen molar-refractivity contribution in [2.24, 2.45) is 0 Å². The summed E-state index contributed by atoms with van der Waals surface area (Å²) in [5.41, 5.74) is 0.944. The van der Waals surface area contributed by atoms with Gasteiger partial charge in [0.1, 0.15) is 5.01 Å². The summed E-state index contributed by atoms with van der Waals surface area (Å²) < 4.78 is 5.28. The number of likely N-dealkylation sites (N-methyl/N-ethyl adjacent to an activating group) is 1. The van der Waals surface area contributed by atoms with Crippen molar-refractivity contribution in [3.05, 3.63) is 16.1 Å². The van der Waals surface area contributed by atoms with Crippen molar-refractivity contribution < 1.29 is 9.84 Å². The molecule has 1 atom stereocenters. The van der Waals surface area contributed by atoms with Gasteiger partial charge in [0.2, 0.25) is 0 Å². The summed E-state index contributed by atoms with van der Waals surface area (Å²) in [7, 11) is 2.07. The quantitative estimate of drug-likeness (QED) is 0.560. The topological polar surface area (TPSA) is 45.6 Å². The number of thiazole rings is 1. The molecule has 18 heavy (non-hydrogen) atoms. The molecule has 0 aliphatic rings. The van der Waals surface area contributed by atoms with Crippen molar-refractivity contribution in [2.75, 3.05) is 33.4 Å². The van der Waals surface area contributed by atoms with Crippen LogP contribution in [0.1, 0.15) is 30.1 Å². The highest BCUT2D eigenvalue weighted by Crippen LogP contribution is 2.26. The number of halogens is 1. The number of alkyl halides is 1. The first kappa shape index (κ1) is 15.9. The lowest BCUT2D eigenvalue weighted by Crippen LogP contribution is -2.28. The summed E-state index contributed by atoms with van der Waals surface area (Å²) in [5, 5.41) is 11.8.